The van der Waals surface area contributed by atoms with Crippen molar-refractivity contribution in [2.75, 3.05) is 18.6 Å². The Kier molecular flexibility index (Phi) is 4.44. The molecule has 0 bridgehead atoms. The van der Waals surface area contributed by atoms with Gasteiger partial charge >= 0.3 is 0 Å². The van der Waals surface area contributed by atoms with E-state index in [0.29, 0.717) is 17.3 Å². The van der Waals surface area contributed by atoms with Crippen molar-refractivity contribution in [2.24, 2.45) is 0 Å². The summed E-state index contributed by atoms with van der Waals surface area (Å²) in [4.78, 5) is 13.8. The first-order valence-electron chi connectivity index (χ1n) is 8.06. The molecule has 2 heterocycles. The van der Waals surface area contributed by atoms with Crippen LogP contribution in [0.3, 0.4) is 0 Å². The standard InChI is InChI=1S/C19H21N3O3/c1-5-14-9-10-16(21-20-14)22(4)17(23)12-24-15-8-6-7-13-11-19(2,3)25-18(13)15/h5-10H,1,11-12H2,2-4H3. The van der Waals surface area contributed by atoms with Crippen molar-refractivity contribution in [1.82, 2.24) is 10.2 Å². The summed E-state index contributed by atoms with van der Waals surface area (Å²) in [6.07, 6.45) is 2.41. The molecule has 1 amide bonds. The Hall–Kier alpha value is -2.89. The lowest BCUT2D eigenvalue weighted by Crippen LogP contribution is -2.32. The number of likely N-dealkylation sites (N-methyl/N-ethyl adjacent to an activating group) is 1. The molecule has 0 fully saturated rings. The number of hydrogen-bond acceptors (Lipinski definition) is 5. The fourth-order valence-corrected chi connectivity index (χ4v) is 2.69. The lowest BCUT2D eigenvalue weighted by Gasteiger charge is -2.19. The Morgan fingerprint density at radius 2 is 2.16 bits per heavy atom. The van der Waals surface area contributed by atoms with Crippen LogP contribution < -0.4 is 14.4 Å². The molecule has 1 aromatic carbocycles. The fraction of sp³-hybridized carbons (Fsp3) is 0.316. The highest BCUT2D eigenvalue weighted by atomic mass is 16.5. The topological polar surface area (TPSA) is 64.6 Å². The van der Waals surface area contributed by atoms with Gasteiger partial charge in [-0.25, -0.2) is 0 Å². The van der Waals surface area contributed by atoms with Gasteiger partial charge in [0.1, 0.15) is 5.60 Å². The van der Waals surface area contributed by atoms with E-state index in [1.165, 1.54) is 4.90 Å². The molecule has 25 heavy (non-hydrogen) atoms. The summed E-state index contributed by atoms with van der Waals surface area (Å²) in [5.41, 5.74) is 1.49. The van der Waals surface area contributed by atoms with Crippen LogP contribution in [-0.4, -0.2) is 35.4 Å². The number of carbonyl (C=O) groups is 1. The summed E-state index contributed by atoms with van der Waals surface area (Å²) in [7, 11) is 1.64. The van der Waals surface area contributed by atoms with Crippen LogP contribution in [0.1, 0.15) is 25.1 Å². The molecule has 0 N–H and O–H groups in total. The second-order valence-electron chi connectivity index (χ2n) is 6.54. The van der Waals surface area contributed by atoms with Crippen LogP contribution in [-0.2, 0) is 11.2 Å². The van der Waals surface area contributed by atoms with Gasteiger partial charge in [0.25, 0.3) is 5.91 Å². The van der Waals surface area contributed by atoms with E-state index in [0.717, 1.165) is 17.7 Å². The molecule has 0 atom stereocenters. The second kappa shape index (κ2) is 6.55. The SMILES string of the molecule is C=Cc1ccc(N(C)C(=O)COc2cccc3c2OC(C)(C)C3)nn1. The quantitative estimate of drug-likeness (QED) is 0.838. The molecule has 0 saturated carbocycles. The van der Waals surface area contributed by atoms with Crippen LogP contribution in [0.2, 0.25) is 0 Å². The molecule has 6 heteroatoms. The zero-order valence-corrected chi connectivity index (χ0v) is 14.7. The number of hydrogen-bond donors (Lipinski definition) is 0. The smallest absolute Gasteiger partial charge is 0.265 e. The molecule has 0 aliphatic carbocycles. The van der Waals surface area contributed by atoms with Crippen molar-refractivity contribution < 1.29 is 14.3 Å². The van der Waals surface area contributed by atoms with E-state index >= 15 is 0 Å². The molecule has 3 rings (SSSR count). The number of anilines is 1. The van der Waals surface area contributed by atoms with Gasteiger partial charge in [0, 0.05) is 19.0 Å². The summed E-state index contributed by atoms with van der Waals surface area (Å²) in [5, 5.41) is 7.97. The molecule has 2 aromatic rings. The van der Waals surface area contributed by atoms with Gasteiger partial charge in [0.15, 0.2) is 23.9 Å². The maximum absolute atomic E-state index is 12.4. The minimum Gasteiger partial charge on any atom is -0.483 e. The minimum absolute atomic E-state index is 0.109. The number of ether oxygens (including phenoxy) is 2. The zero-order valence-electron chi connectivity index (χ0n) is 14.7. The summed E-state index contributed by atoms with van der Waals surface area (Å²) in [6, 6.07) is 9.20. The third-order valence-electron chi connectivity index (χ3n) is 4.00. The van der Waals surface area contributed by atoms with E-state index in [9.17, 15) is 4.79 Å². The number of para-hydroxylation sites is 1. The third kappa shape index (κ3) is 3.63. The molecular formula is C19H21N3O3. The predicted octanol–water partition coefficient (Wildman–Crippen LogP) is 2.87. The fourth-order valence-electron chi connectivity index (χ4n) is 2.69. The van der Waals surface area contributed by atoms with Crippen LogP contribution >= 0.6 is 0 Å². The number of rotatable bonds is 5. The van der Waals surface area contributed by atoms with Crippen LogP contribution in [0.15, 0.2) is 36.9 Å². The number of carbonyl (C=O) groups excluding carboxylic acids is 1. The molecule has 0 saturated heterocycles. The highest BCUT2D eigenvalue weighted by molar-refractivity contribution is 5.93. The lowest BCUT2D eigenvalue weighted by molar-refractivity contribution is -0.120. The second-order valence-corrected chi connectivity index (χ2v) is 6.54. The van der Waals surface area contributed by atoms with Crippen LogP contribution in [0.5, 0.6) is 11.5 Å². The summed E-state index contributed by atoms with van der Waals surface area (Å²) >= 11 is 0. The molecule has 0 unspecified atom stereocenters. The monoisotopic (exact) mass is 339 g/mol. The molecule has 0 spiro atoms. The highest BCUT2D eigenvalue weighted by Crippen LogP contribution is 2.41. The van der Waals surface area contributed by atoms with Crippen LogP contribution in [0, 0.1) is 0 Å². The van der Waals surface area contributed by atoms with E-state index in [1.54, 1.807) is 25.3 Å². The van der Waals surface area contributed by atoms with Crippen molar-refractivity contribution in [3.8, 4) is 11.5 Å². The molecule has 6 nitrogen and oxygen atoms in total. The summed E-state index contributed by atoms with van der Waals surface area (Å²) in [5.74, 6) is 1.53. The minimum atomic E-state index is -0.259. The Balaban J connectivity index is 1.67. The Labute approximate surface area is 147 Å². The first-order chi connectivity index (χ1) is 11.9. The van der Waals surface area contributed by atoms with E-state index in [4.69, 9.17) is 9.47 Å². The molecule has 1 aliphatic rings. The first kappa shape index (κ1) is 17.0. The number of amides is 1. The van der Waals surface area contributed by atoms with Gasteiger partial charge < -0.3 is 9.47 Å². The van der Waals surface area contributed by atoms with Crippen molar-refractivity contribution in [3.63, 3.8) is 0 Å². The van der Waals surface area contributed by atoms with Crippen LogP contribution in [0.4, 0.5) is 5.82 Å². The average molecular weight is 339 g/mol. The first-order valence-corrected chi connectivity index (χ1v) is 8.06. The van der Waals surface area contributed by atoms with Gasteiger partial charge in [-0.2, -0.15) is 0 Å². The van der Waals surface area contributed by atoms with Gasteiger partial charge in [-0.1, -0.05) is 18.7 Å². The van der Waals surface area contributed by atoms with Gasteiger partial charge in [-0.3, -0.25) is 9.69 Å². The molecule has 0 radical (unpaired) electrons. The predicted molar refractivity (Wildman–Crippen MR) is 95.9 cm³/mol. The lowest BCUT2D eigenvalue weighted by atomic mass is 10.0. The number of nitrogens with zero attached hydrogens (tertiary/aromatic N) is 3. The Bertz CT molecular complexity index is 800. The summed E-state index contributed by atoms with van der Waals surface area (Å²) < 4.78 is 11.7. The maximum Gasteiger partial charge on any atom is 0.265 e. The highest BCUT2D eigenvalue weighted by Gasteiger charge is 2.32. The van der Waals surface area contributed by atoms with Crippen molar-refractivity contribution in [1.29, 1.82) is 0 Å². The molecule has 1 aliphatic heterocycles. The molecular weight excluding hydrogens is 318 g/mol. The number of aromatic nitrogens is 2. The normalized spacial score (nSPS) is 14.4. The van der Waals surface area contributed by atoms with Crippen molar-refractivity contribution >= 4 is 17.8 Å². The van der Waals surface area contributed by atoms with Crippen molar-refractivity contribution in [2.45, 2.75) is 25.9 Å². The van der Waals surface area contributed by atoms with Crippen molar-refractivity contribution in [3.05, 3.63) is 48.2 Å². The Morgan fingerprint density at radius 1 is 1.36 bits per heavy atom. The van der Waals surface area contributed by atoms with Gasteiger partial charge in [-0.15, -0.1) is 10.2 Å². The molecule has 1 aromatic heterocycles. The number of fused-ring (bicyclic) bond motifs is 1. The largest absolute Gasteiger partial charge is 0.483 e. The maximum atomic E-state index is 12.4. The summed E-state index contributed by atoms with van der Waals surface area (Å²) in [6.45, 7) is 7.58. The van der Waals surface area contributed by atoms with E-state index in [1.807, 2.05) is 32.0 Å². The van der Waals surface area contributed by atoms with E-state index < -0.39 is 0 Å². The van der Waals surface area contributed by atoms with Gasteiger partial charge in [0.05, 0.1) is 5.69 Å². The number of benzene rings is 1. The van der Waals surface area contributed by atoms with Gasteiger partial charge in [0.2, 0.25) is 0 Å². The average Bonchev–Trinajstić information content (AvgIpc) is 2.93. The van der Waals surface area contributed by atoms with E-state index in [-0.39, 0.29) is 18.1 Å². The molecule has 130 valence electrons. The zero-order chi connectivity index (χ0) is 18.0. The van der Waals surface area contributed by atoms with E-state index in [2.05, 4.69) is 16.8 Å². The third-order valence-corrected chi connectivity index (χ3v) is 4.00. The van der Waals surface area contributed by atoms with Crippen LogP contribution in [0.25, 0.3) is 6.08 Å². The Morgan fingerprint density at radius 3 is 2.84 bits per heavy atom. The van der Waals surface area contributed by atoms with Gasteiger partial charge in [-0.05, 0) is 38.1 Å².